The lowest BCUT2D eigenvalue weighted by Gasteiger charge is -2.01. The van der Waals surface area contributed by atoms with Crippen LogP contribution in [0.15, 0.2) is 41.1 Å². The molecule has 0 unspecified atom stereocenters. The van der Waals surface area contributed by atoms with Crippen LogP contribution in [-0.2, 0) is 6.42 Å². The first kappa shape index (κ1) is 13.8. The van der Waals surface area contributed by atoms with Crippen molar-refractivity contribution >= 4 is 28.4 Å². The first-order chi connectivity index (χ1) is 10.1. The van der Waals surface area contributed by atoms with Gasteiger partial charge in [0.2, 0.25) is 5.78 Å². The van der Waals surface area contributed by atoms with Crippen LogP contribution in [0.3, 0.4) is 0 Å². The Morgan fingerprint density at radius 1 is 1.38 bits per heavy atom. The lowest BCUT2D eigenvalue weighted by atomic mass is 10.1. The number of hydrogen-bond acceptors (Lipinski definition) is 3. The first-order valence-electron chi connectivity index (χ1n) is 6.36. The van der Waals surface area contributed by atoms with Gasteiger partial charge >= 0.3 is 0 Å². The Kier molecular flexibility index (Phi) is 3.47. The maximum Gasteiger partial charge on any atom is 0.202 e. The van der Waals surface area contributed by atoms with Crippen LogP contribution in [0.2, 0.25) is 5.02 Å². The van der Waals surface area contributed by atoms with Crippen molar-refractivity contribution in [1.82, 2.24) is 4.98 Å². The maximum atomic E-state index is 13.3. The van der Waals surface area contributed by atoms with E-state index in [2.05, 4.69) is 4.98 Å². The third-order valence-electron chi connectivity index (χ3n) is 3.36. The second-order valence-electron chi connectivity index (χ2n) is 4.76. The predicted octanol–water partition coefficient (Wildman–Crippen LogP) is 4.35. The van der Waals surface area contributed by atoms with Gasteiger partial charge in [-0.05, 0) is 36.8 Å². The van der Waals surface area contributed by atoms with E-state index in [1.54, 1.807) is 19.2 Å². The molecule has 0 aliphatic rings. The van der Waals surface area contributed by atoms with Gasteiger partial charge in [-0.2, -0.15) is 0 Å². The van der Waals surface area contributed by atoms with Gasteiger partial charge in [0.05, 0.1) is 5.02 Å². The number of carbonyl (C=O) groups is 1. The molecule has 3 rings (SSSR count). The van der Waals surface area contributed by atoms with Crippen LogP contribution in [0.5, 0.6) is 0 Å². The van der Waals surface area contributed by atoms with Gasteiger partial charge in [-0.25, -0.2) is 4.39 Å². The van der Waals surface area contributed by atoms with Crippen LogP contribution in [0.1, 0.15) is 21.7 Å². The molecule has 3 aromatic rings. The van der Waals surface area contributed by atoms with E-state index in [9.17, 15) is 9.18 Å². The van der Waals surface area contributed by atoms with E-state index in [1.807, 2.05) is 0 Å². The molecule has 0 aliphatic heterocycles. The van der Waals surface area contributed by atoms with Crippen LogP contribution >= 0.6 is 11.6 Å². The topological polar surface area (TPSA) is 43.1 Å². The molecule has 2 aromatic heterocycles. The minimum atomic E-state index is -0.359. The Labute approximate surface area is 125 Å². The molecule has 0 aliphatic carbocycles. The largest absolute Gasteiger partial charge is 0.453 e. The summed E-state index contributed by atoms with van der Waals surface area (Å²) >= 11 is 6.00. The molecule has 0 spiro atoms. The van der Waals surface area contributed by atoms with Gasteiger partial charge in [-0.1, -0.05) is 11.6 Å². The second-order valence-corrected chi connectivity index (χ2v) is 5.17. The molecule has 106 valence electrons. The molecule has 0 atom stereocenters. The molecule has 2 heterocycles. The van der Waals surface area contributed by atoms with E-state index in [1.165, 1.54) is 24.4 Å². The van der Waals surface area contributed by atoms with E-state index >= 15 is 0 Å². The summed E-state index contributed by atoms with van der Waals surface area (Å²) in [6.45, 7) is 1.74. The lowest BCUT2D eigenvalue weighted by molar-refractivity contribution is 0.0967. The summed E-state index contributed by atoms with van der Waals surface area (Å²) in [5.74, 6) is -0.316. The third-order valence-corrected chi connectivity index (χ3v) is 3.70. The summed E-state index contributed by atoms with van der Waals surface area (Å²) in [5, 5.41) is 1.05. The molecule has 0 saturated heterocycles. The van der Waals surface area contributed by atoms with Gasteiger partial charge in [0, 0.05) is 29.8 Å². The Morgan fingerprint density at radius 2 is 2.19 bits per heavy atom. The minimum Gasteiger partial charge on any atom is -0.453 e. The number of halogens is 2. The molecule has 0 saturated carbocycles. The number of aromatic nitrogens is 1. The first-order valence-corrected chi connectivity index (χ1v) is 6.74. The van der Waals surface area contributed by atoms with E-state index < -0.39 is 0 Å². The number of nitrogens with zero attached hydrogens (tertiary/aromatic N) is 1. The van der Waals surface area contributed by atoms with E-state index in [0.29, 0.717) is 27.1 Å². The van der Waals surface area contributed by atoms with E-state index in [4.69, 9.17) is 16.0 Å². The van der Waals surface area contributed by atoms with E-state index in [-0.39, 0.29) is 23.8 Å². The van der Waals surface area contributed by atoms with Crippen molar-refractivity contribution < 1.29 is 13.6 Å². The summed E-state index contributed by atoms with van der Waals surface area (Å²) in [5.41, 5.74) is 1.82. The van der Waals surface area contributed by atoms with Gasteiger partial charge in [0.15, 0.2) is 5.76 Å². The van der Waals surface area contributed by atoms with Gasteiger partial charge in [0.1, 0.15) is 11.4 Å². The van der Waals surface area contributed by atoms with Crippen LogP contribution in [0.25, 0.3) is 11.0 Å². The number of ketones is 1. The van der Waals surface area contributed by atoms with Crippen molar-refractivity contribution in [3.05, 3.63) is 64.4 Å². The van der Waals surface area contributed by atoms with Crippen LogP contribution < -0.4 is 0 Å². The number of fused-ring (bicyclic) bond motifs is 1. The fourth-order valence-electron chi connectivity index (χ4n) is 2.26. The summed E-state index contributed by atoms with van der Waals surface area (Å²) in [4.78, 5) is 16.3. The molecular weight excluding hydrogens is 293 g/mol. The molecule has 0 amide bonds. The van der Waals surface area contributed by atoms with Crippen molar-refractivity contribution in [3.8, 4) is 0 Å². The number of furan rings is 1. The van der Waals surface area contributed by atoms with Crippen molar-refractivity contribution in [3.63, 3.8) is 0 Å². The number of Topliss-reactive ketones (excluding diaryl/α,β-unsaturated/α-hetero) is 1. The maximum absolute atomic E-state index is 13.3. The van der Waals surface area contributed by atoms with Crippen LogP contribution in [0, 0.1) is 12.7 Å². The average Bonchev–Trinajstić information content (AvgIpc) is 2.79. The lowest BCUT2D eigenvalue weighted by Crippen LogP contribution is -2.04. The van der Waals surface area contributed by atoms with Crippen LogP contribution in [0.4, 0.5) is 4.39 Å². The number of rotatable bonds is 3. The fourth-order valence-corrected chi connectivity index (χ4v) is 2.45. The molecule has 5 heteroatoms. The molecule has 21 heavy (non-hydrogen) atoms. The zero-order valence-electron chi connectivity index (χ0n) is 11.2. The summed E-state index contributed by atoms with van der Waals surface area (Å²) in [6.07, 6.45) is 3.19. The molecular formula is C16H11ClFNO2. The van der Waals surface area contributed by atoms with Gasteiger partial charge in [-0.15, -0.1) is 0 Å². The molecule has 0 N–H and O–H groups in total. The number of aryl methyl sites for hydroxylation is 1. The van der Waals surface area contributed by atoms with Crippen molar-refractivity contribution in [2.24, 2.45) is 0 Å². The van der Waals surface area contributed by atoms with Crippen LogP contribution in [-0.4, -0.2) is 10.8 Å². The smallest absolute Gasteiger partial charge is 0.202 e. The van der Waals surface area contributed by atoms with Gasteiger partial charge in [-0.3, -0.25) is 9.78 Å². The Hall–Kier alpha value is -2.20. The summed E-state index contributed by atoms with van der Waals surface area (Å²) in [7, 11) is 0. The van der Waals surface area contributed by atoms with E-state index in [0.717, 1.165) is 0 Å². The highest BCUT2D eigenvalue weighted by molar-refractivity contribution is 6.31. The highest BCUT2D eigenvalue weighted by Crippen LogP contribution is 2.27. The third kappa shape index (κ3) is 2.54. The molecule has 3 nitrogen and oxygen atoms in total. The fraction of sp³-hybridized carbons (Fsp3) is 0.125. The highest BCUT2D eigenvalue weighted by Gasteiger charge is 2.19. The SMILES string of the molecule is Cc1c(C(=O)Cc2ccncc2Cl)oc2ccc(F)cc12. The summed E-state index contributed by atoms with van der Waals surface area (Å²) in [6, 6.07) is 5.88. The van der Waals surface area contributed by atoms with Crippen molar-refractivity contribution in [2.45, 2.75) is 13.3 Å². The zero-order valence-corrected chi connectivity index (χ0v) is 11.9. The highest BCUT2D eigenvalue weighted by atomic mass is 35.5. The molecule has 0 radical (unpaired) electrons. The Bertz CT molecular complexity index is 841. The Morgan fingerprint density at radius 3 is 2.95 bits per heavy atom. The predicted molar refractivity (Wildman–Crippen MR) is 78.2 cm³/mol. The molecule has 0 bridgehead atoms. The Balaban J connectivity index is 1.99. The average molecular weight is 304 g/mol. The second kappa shape index (κ2) is 5.30. The van der Waals surface area contributed by atoms with Crippen molar-refractivity contribution in [1.29, 1.82) is 0 Å². The van der Waals surface area contributed by atoms with Gasteiger partial charge in [0.25, 0.3) is 0 Å². The standard InChI is InChI=1S/C16H11ClFNO2/c1-9-12-7-11(18)2-3-15(12)21-16(9)14(20)6-10-4-5-19-8-13(10)17/h2-5,7-8H,6H2,1H3. The monoisotopic (exact) mass is 303 g/mol. The summed E-state index contributed by atoms with van der Waals surface area (Å²) < 4.78 is 18.8. The number of hydrogen-bond donors (Lipinski definition) is 0. The normalized spacial score (nSPS) is 11.0. The van der Waals surface area contributed by atoms with Crippen molar-refractivity contribution in [2.75, 3.05) is 0 Å². The zero-order chi connectivity index (χ0) is 15.0. The number of pyridine rings is 1. The molecule has 1 aromatic carbocycles. The number of carbonyl (C=O) groups excluding carboxylic acids is 1. The molecule has 0 fully saturated rings. The quantitative estimate of drug-likeness (QED) is 0.675. The van der Waals surface area contributed by atoms with Gasteiger partial charge < -0.3 is 4.42 Å². The number of benzene rings is 1. The minimum absolute atomic E-state index is 0.116.